The van der Waals surface area contributed by atoms with E-state index in [0.717, 1.165) is 10.5 Å². The molecule has 0 saturated carbocycles. The molecule has 0 spiro atoms. The first-order chi connectivity index (χ1) is 11.5. The minimum atomic E-state index is -1.06. The minimum Gasteiger partial charge on any atom is -0.465 e. The zero-order valence-electron chi connectivity index (χ0n) is 13.2. The topological polar surface area (TPSA) is 75.7 Å². The van der Waals surface area contributed by atoms with Gasteiger partial charge in [0.05, 0.1) is 19.2 Å². The number of esters is 1. The molecule has 6 nitrogen and oxygen atoms in total. The Morgan fingerprint density at radius 2 is 2.12 bits per heavy atom. The summed E-state index contributed by atoms with van der Waals surface area (Å²) in [6, 6.07) is 8.07. The Balaban J connectivity index is 1.85. The largest absolute Gasteiger partial charge is 0.465 e. The number of carbonyl (C=O) groups excluding carboxylic acids is 3. The monoisotopic (exact) mass is 344 g/mol. The van der Waals surface area contributed by atoms with E-state index in [1.807, 2.05) is 16.8 Å². The number of hydrogen-bond donors (Lipinski definition) is 1. The molecule has 3 rings (SSSR count). The molecule has 1 aromatic carbocycles. The highest BCUT2D eigenvalue weighted by molar-refractivity contribution is 7.08. The number of urea groups is 1. The fourth-order valence-electron chi connectivity index (χ4n) is 2.68. The van der Waals surface area contributed by atoms with Crippen LogP contribution < -0.4 is 5.32 Å². The van der Waals surface area contributed by atoms with Gasteiger partial charge in [0.2, 0.25) is 0 Å². The second-order valence-electron chi connectivity index (χ2n) is 5.65. The van der Waals surface area contributed by atoms with Crippen molar-refractivity contribution in [2.75, 3.05) is 7.11 Å². The van der Waals surface area contributed by atoms with E-state index in [4.69, 9.17) is 0 Å². The molecular formula is C17H16N2O4S. The standard InChI is InChI=1S/C17H16N2O4S/c1-17(13-6-7-24-10-13)15(21)19(16(22)18-17)9-11-4-3-5-12(8-11)14(20)23-2/h3-8,10H,9H2,1-2H3,(H,18,22). The van der Waals surface area contributed by atoms with Crippen LogP contribution in [0.15, 0.2) is 41.1 Å². The molecule has 1 unspecified atom stereocenters. The Bertz CT molecular complexity index is 803. The van der Waals surface area contributed by atoms with Crippen LogP contribution in [-0.4, -0.2) is 29.9 Å². The molecule has 1 aromatic heterocycles. The molecule has 24 heavy (non-hydrogen) atoms. The maximum atomic E-state index is 12.8. The van der Waals surface area contributed by atoms with Gasteiger partial charge in [-0.2, -0.15) is 11.3 Å². The summed E-state index contributed by atoms with van der Waals surface area (Å²) in [5.74, 6) is -0.772. The molecule has 1 aliphatic rings. The highest BCUT2D eigenvalue weighted by atomic mass is 32.1. The van der Waals surface area contributed by atoms with Gasteiger partial charge in [-0.05, 0) is 47.0 Å². The summed E-state index contributed by atoms with van der Waals surface area (Å²) in [6.45, 7) is 1.79. The number of ether oxygens (including phenoxy) is 1. The lowest BCUT2D eigenvalue weighted by Gasteiger charge is -2.20. The number of nitrogens with zero attached hydrogens (tertiary/aromatic N) is 1. The van der Waals surface area contributed by atoms with Crippen LogP contribution in [0.1, 0.15) is 28.4 Å². The summed E-state index contributed by atoms with van der Waals surface area (Å²) in [6.07, 6.45) is 0. The first-order valence-electron chi connectivity index (χ1n) is 7.30. The number of thiophene rings is 1. The second-order valence-corrected chi connectivity index (χ2v) is 6.43. The van der Waals surface area contributed by atoms with Gasteiger partial charge in [0, 0.05) is 0 Å². The molecule has 2 heterocycles. The van der Waals surface area contributed by atoms with Gasteiger partial charge in [0.15, 0.2) is 0 Å². The van der Waals surface area contributed by atoms with Crippen LogP contribution in [0.5, 0.6) is 0 Å². The molecule has 124 valence electrons. The summed E-state index contributed by atoms with van der Waals surface area (Å²) in [7, 11) is 1.30. The van der Waals surface area contributed by atoms with E-state index in [-0.39, 0.29) is 12.5 Å². The molecule has 1 aliphatic heterocycles. The van der Waals surface area contributed by atoms with Crippen molar-refractivity contribution in [1.82, 2.24) is 10.2 Å². The maximum Gasteiger partial charge on any atom is 0.337 e. The molecule has 2 aromatic rings. The third-order valence-corrected chi connectivity index (χ3v) is 4.75. The minimum absolute atomic E-state index is 0.0925. The van der Waals surface area contributed by atoms with Crippen molar-refractivity contribution in [3.05, 3.63) is 57.8 Å². The summed E-state index contributed by atoms with van der Waals surface area (Å²) >= 11 is 1.47. The number of hydrogen-bond acceptors (Lipinski definition) is 5. The maximum absolute atomic E-state index is 12.8. The van der Waals surface area contributed by atoms with E-state index in [9.17, 15) is 14.4 Å². The molecule has 1 fully saturated rings. The lowest BCUT2D eigenvalue weighted by atomic mass is 9.95. The summed E-state index contributed by atoms with van der Waals surface area (Å²) in [5, 5.41) is 6.46. The smallest absolute Gasteiger partial charge is 0.337 e. The Morgan fingerprint density at radius 3 is 2.79 bits per heavy atom. The van der Waals surface area contributed by atoms with Gasteiger partial charge in [-0.25, -0.2) is 9.59 Å². The van der Waals surface area contributed by atoms with Gasteiger partial charge in [-0.15, -0.1) is 0 Å². The highest BCUT2D eigenvalue weighted by Gasteiger charge is 2.49. The molecule has 3 amide bonds. The molecular weight excluding hydrogens is 328 g/mol. The van der Waals surface area contributed by atoms with Gasteiger partial charge in [-0.1, -0.05) is 12.1 Å². The lowest BCUT2D eigenvalue weighted by molar-refractivity contribution is -0.131. The lowest BCUT2D eigenvalue weighted by Crippen LogP contribution is -2.40. The first-order valence-corrected chi connectivity index (χ1v) is 8.24. The van der Waals surface area contributed by atoms with Gasteiger partial charge in [0.25, 0.3) is 5.91 Å². The van der Waals surface area contributed by atoms with E-state index in [2.05, 4.69) is 10.1 Å². The number of amides is 3. The van der Waals surface area contributed by atoms with E-state index >= 15 is 0 Å². The van der Waals surface area contributed by atoms with Crippen LogP contribution in [-0.2, 0) is 21.6 Å². The molecule has 0 aliphatic carbocycles. The van der Waals surface area contributed by atoms with Gasteiger partial charge < -0.3 is 10.1 Å². The first kappa shape index (κ1) is 16.2. The number of benzene rings is 1. The van der Waals surface area contributed by atoms with Crippen LogP contribution >= 0.6 is 11.3 Å². The van der Waals surface area contributed by atoms with Crippen LogP contribution in [0.2, 0.25) is 0 Å². The van der Waals surface area contributed by atoms with E-state index in [1.54, 1.807) is 31.2 Å². The van der Waals surface area contributed by atoms with Crippen LogP contribution in [0, 0.1) is 0 Å². The summed E-state index contributed by atoms with van der Waals surface area (Å²) in [4.78, 5) is 37.8. The van der Waals surface area contributed by atoms with Crippen molar-refractivity contribution in [3.8, 4) is 0 Å². The quantitative estimate of drug-likeness (QED) is 0.683. The Labute approximate surface area is 143 Å². The van der Waals surface area contributed by atoms with Crippen molar-refractivity contribution in [3.63, 3.8) is 0 Å². The van der Waals surface area contributed by atoms with Crippen molar-refractivity contribution in [2.24, 2.45) is 0 Å². The third kappa shape index (κ3) is 2.67. The summed E-state index contributed by atoms with van der Waals surface area (Å²) < 4.78 is 4.69. The molecule has 1 atom stereocenters. The zero-order chi connectivity index (χ0) is 17.3. The summed E-state index contributed by atoms with van der Waals surface area (Å²) in [5.41, 5.74) is 0.757. The number of nitrogens with one attached hydrogen (secondary N) is 1. The fourth-order valence-corrected chi connectivity index (χ4v) is 3.45. The number of methoxy groups -OCH3 is 1. The molecule has 0 bridgehead atoms. The molecule has 1 N–H and O–H groups in total. The van der Waals surface area contributed by atoms with E-state index in [1.165, 1.54) is 18.4 Å². The van der Waals surface area contributed by atoms with E-state index in [0.29, 0.717) is 11.1 Å². The average molecular weight is 344 g/mol. The predicted octanol–water partition coefficient (Wildman–Crippen LogP) is 2.50. The van der Waals surface area contributed by atoms with Gasteiger partial charge in [-0.3, -0.25) is 9.69 Å². The van der Waals surface area contributed by atoms with Crippen molar-refractivity contribution in [1.29, 1.82) is 0 Å². The van der Waals surface area contributed by atoms with Gasteiger partial charge >= 0.3 is 12.0 Å². The van der Waals surface area contributed by atoms with Crippen molar-refractivity contribution in [2.45, 2.75) is 19.0 Å². The third-order valence-electron chi connectivity index (χ3n) is 4.06. The normalized spacial score (nSPS) is 20.2. The SMILES string of the molecule is COC(=O)c1cccc(CN2C(=O)NC(C)(c3ccsc3)C2=O)c1. The van der Waals surface area contributed by atoms with Crippen molar-refractivity contribution < 1.29 is 19.1 Å². The second kappa shape index (κ2) is 6.09. The number of rotatable bonds is 4. The molecule has 7 heteroatoms. The van der Waals surface area contributed by atoms with E-state index < -0.39 is 17.5 Å². The number of imide groups is 1. The van der Waals surface area contributed by atoms with Crippen LogP contribution in [0.25, 0.3) is 0 Å². The number of carbonyl (C=O) groups is 3. The van der Waals surface area contributed by atoms with Crippen molar-refractivity contribution >= 4 is 29.2 Å². The predicted molar refractivity (Wildman–Crippen MR) is 88.5 cm³/mol. The Kier molecular flexibility index (Phi) is 4.11. The zero-order valence-corrected chi connectivity index (χ0v) is 14.1. The molecule has 0 radical (unpaired) electrons. The molecule has 1 saturated heterocycles. The average Bonchev–Trinajstić information content (AvgIpc) is 3.19. The highest BCUT2D eigenvalue weighted by Crippen LogP contribution is 2.31. The Morgan fingerprint density at radius 1 is 1.33 bits per heavy atom. The Hall–Kier alpha value is -2.67. The van der Waals surface area contributed by atoms with Crippen LogP contribution in [0.4, 0.5) is 4.79 Å². The van der Waals surface area contributed by atoms with Crippen LogP contribution in [0.3, 0.4) is 0 Å². The fraction of sp³-hybridized carbons (Fsp3) is 0.235. The van der Waals surface area contributed by atoms with Gasteiger partial charge in [0.1, 0.15) is 5.54 Å².